The van der Waals surface area contributed by atoms with Crippen molar-refractivity contribution < 1.29 is 4.79 Å². The molecule has 0 fully saturated rings. The van der Waals surface area contributed by atoms with E-state index in [9.17, 15) is 4.79 Å². The van der Waals surface area contributed by atoms with Gasteiger partial charge in [0, 0.05) is 22.9 Å². The van der Waals surface area contributed by atoms with Gasteiger partial charge < -0.3 is 0 Å². The molecular formula is C13H10BrN3O. The van der Waals surface area contributed by atoms with Gasteiger partial charge in [0.2, 0.25) is 5.95 Å². The number of hydrogen-bond donors (Lipinski definition) is 1. The average molecular weight is 304 g/mol. The highest BCUT2D eigenvalue weighted by atomic mass is 79.9. The van der Waals surface area contributed by atoms with E-state index in [0.29, 0.717) is 5.95 Å². The Kier molecular flexibility index (Phi) is 4.20. The lowest BCUT2D eigenvalue weighted by Gasteiger charge is -1.98. The maximum absolute atomic E-state index is 11.6. The van der Waals surface area contributed by atoms with Crippen LogP contribution >= 0.6 is 15.9 Å². The Hall–Kier alpha value is -2.01. The Morgan fingerprint density at radius 2 is 1.83 bits per heavy atom. The Balaban J connectivity index is 1.97. The third-order valence-corrected chi connectivity index (χ3v) is 2.63. The molecule has 90 valence electrons. The number of benzene rings is 1. The Morgan fingerprint density at radius 1 is 1.17 bits per heavy atom. The van der Waals surface area contributed by atoms with E-state index in [1.165, 1.54) is 6.08 Å². The lowest BCUT2D eigenvalue weighted by Crippen LogP contribution is -2.10. The second-order valence-corrected chi connectivity index (χ2v) is 4.36. The van der Waals surface area contributed by atoms with Crippen molar-refractivity contribution in [2.45, 2.75) is 0 Å². The van der Waals surface area contributed by atoms with Gasteiger partial charge in [0.1, 0.15) is 0 Å². The van der Waals surface area contributed by atoms with Crippen LogP contribution in [0.25, 0.3) is 6.08 Å². The van der Waals surface area contributed by atoms with Crippen LogP contribution in [0.15, 0.2) is 53.3 Å². The van der Waals surface area contributed by atoms with Gasteiger partial charge in [0.25, 0.3) is 5.91 Å². The zero-order chi connectivity index (χ0) is 12.8. The Morgan fingerprint density at radius 3 is 2.50 bits per heavy atom. The van der Waals surface area contributed by atoms with Gasteiger partial charge in [0.05, 0.1) is 0 Å². The van der Waals surface area contributed by atoms with E-state index in [0.717, 1.165) is 10.0 Å². The second-order valence-electron chi connectivity index (χ2n) is 3.45. The monoisotopic (exact) mass is 303 g/mol. The maximum atomic E-state index is 11.6. The smallest absolute Gasteiger partial charge is 0.250 e. The van der Waals surface area contributed by atoms with Crippen molar-refractivity contribution in [2.24, 2.45) is 0 Å². The number of aromatic nitrogens is 2. The van der Waals surface area contributed by atoms with Gasteiger partial charge in [-0.1, -0.05) is 28.1 Å². The van der Waals surface area contributed by atoms with Crippen LogP contribution in [0.3, 0.4) is 0 Å². The third kappa shape index (κ3) is 3.78. The maximum Gasteiger partial charge on any atom is 0.250 e. The molecule has 1 aromatic carbocycles. The summed E-state index contributed by atoms with van der Waals surface area (Å²) in [4.78, 5) is 19.4. The van der Waals surface area contributed by atoms with E-state index in [4.69, 9.17) is 0 Å². The van der Waals surface area contributed by atoms with Crippen molar-refractivity contribution in [1.29, 1.82) is 0 Å². The molecule has 2 aromatic rings. The highest BCUT2D eigenvalue weighted by Crippen LogP contribution is 2.11. The molecule has 0 aliphatic heterocycles. The van der Waals surface area contributed by atoms with Gasteiger partial charge in [-0.15, -0.1) is 0 Å². The van der Waals surface area contributed by atoms with Crippen LogP contribution in [0, 0.1) is 0 Å². The highest BCUT2D eigenvalue weighted by Gasteiger charge is 1.98. The first-order valence-corrected chi connectivity index (χ1v) is 6.05. The van der Waals surface area contributed by atoms with Gasteiger partial charge in [-0.25, -0.2) is 9.97 Å². The molecule has 0 atom stereocenters. The molecule has 0 radical (unpaired) electrons. The minimum absolute atomic E-state index is 0.260. The number of rotatable bonds is 3. The van der Waals surface area contributed by atoms with Crippen LogP contribution in [-0.4, -0.2) is 15.9 Å². The van der Waals surface area contributed by atoms with Crippen molar-refractivity contribution in [1.82, 2.24) is 9.97 Å². The first-order chi connectivity index (χ1) is 8.74. The summed E-state index contributed by atoms with van der Waals surface area (Å²) >= 11 is 3.35. The number of amides is 1. The van der Waals surface area contributed by atoms with Gasteiger partial charge in [-0.3, -0.25) is 10.1 Å². The molecule has 0 unspecified atom stereocenters. The van der Waals surface area contributed by atoms with E-state index in [-0.39, 0.29) is 5.91 Å². The Bertz CT molecular complexity index is 552. The molecule has 0 saturated heterocycles. The predicted octanol–water partition coefficient (Wildman–Crippen LogP) is 2.89. The fourth-order valence-electron chi connectivity index (χ4n) is 1.26. The third-order valence-electron chi connectivity index (χ3n) is 2.10. The number of anilines is 1. The number of hydrogen-bond acceptors (Lipinski definition) is 3. The van der Waals surface area contributed by atoms with Crippen LogP contribution in [0.5, 0.6) is 0 Å². The molecule has 1 N–H and O–H groups in total. The van der Waals surface area contributed by atoms with E-state index in [1.807, 2.05) is 24.3 Å². The Labute approximate surface area is 113 Å². The van der Waals surface area contributed by atoms with E-state index >= 15 is 0 Å². The van der Waals surface area contributed by atoms with Crippen LogP contribution in [0.2, 0.25) is 0 Å². The molecule has 0 bridgehead atoms. The molecule has 0 spiro atoms. The zero-order valence-corrected chi connectivity index (χ0v) is 11.0. The normalized spacial score (nSPS) is 10.5. The number of carbonyl (C=O) groups is 1. The van der Waals surface area contributed by atoms with Gasteiger partial charge in [-0.05, 0) is 29.8 Å². The van der Waals surface area contributed by atoms with Crippen LogP contribution in [0.4, 0.5) is 5.95 Å². The summed E-state index contributed by atoms with van der Waals surface area (Å²) in [5.41, 5.74) is 0.947. The summed E-state index contributed by atoms with van der Waals surface area (Å²) in [6.07, 6.45) is 6.31. The second kappa shape index (κ2) is 6.07. The molecule has 0 saturated carbocycles. The predicted molar refractivity (Wildman–Crippen MR) is 73.8 cm³/mol. The quantitative estimate of drug-likeness (QED) is 0.887. The topological polar surface area (TPSA) is 54.9 Å². The highest BCUT2D eigenvalue weighted by molar-refractivity contribution is 9.10. The van der Waals surface area contributed by atoms with E-state index < -0.39 is 0 Å². The lowest BCUT2D eigenvalue weighted by atomic mass is 10.2. The fraction of sp³-hybridized carbons (Fsp3) is 0. The molecule has 4 nitrogen and oxygen atoms in total. The minimum atomic E-state index is -0.260. The largest absolute Gasteiger partial charge is 0.291 e. The van der Waals surface area contributed by atoms with E-state index in [2.05, 4.69) is 31.2 Å². The SMILES string of the molecule is O=C(C=Cc1ccc(Br)cc1)Nc1ncccn1. The molecule has 1 amide bonds. The summed E-state index contributed by atoms with van der Waals surface area (Å²) in [7, 11) is 0. The molecule has 1 heterocycles. The minimum Gasteiger partial charge on any atom is -0.291 e. The first kappa shape index (κ1) is 12.4. The molecular weight excluding hydrogens is 294 g/mol. The summed E-state index contributed by atoms with van der Waals surface area (Å²) in [5.74, 6) is 0.0343. The van der Waals surface area contributed by atoms with Crippen molar-refractivity contribution in [3.05, 3.63) is 58.8 Å². The van der Waals surface area contributed by atoms with Gasteiger partial charge >= 0.3 is 0 Å². The molecule has 5 heteroatoms. The molecule has 2 rings (SSSR count). The lowest BCUT2D eigenvalue weighted by molar-refractivity contribution is -0.111. The molecule has 0 aliphatic rings. The molecule has 0 aliphatic carbocycles. The van der Waals surface area contributed by atoms with Crippen LogP contribution in [0.1, 0.15) is 5.56 Å². The molecule has 1 aromatic heterocycles. The fourth-order valence-corrected chi connectivity index (χ4v) is 1.53. The van der Waals surface area contributed by atoms with Crippen molar-refractivity contribution in [2.75, 3.05) is 5.32 Å². The standard InChI is InChI=1S/C13H10BrN3O/c14-11-5-2-10(3-6-11)4-7-12(18)17-13-15-8-1-9-16-13/h1-9H,(H,15,16,17,18). The van der Waals surface area contributed by atoms with Gasteiger partial charge in [0.15, 0.2) is 0 Å². The number of carbonyl (C=O) groups excluding carboxylic acids is 1. The average Bonchev–Trinajstić information content (AvgIpc) is 2.39. The number of nitrogens with one attached hydrogen (secondary N) is 1. The summed E-state index contributed by atoms with van der Waals surface area (Å²) < 4.78 is 1.00. The van der Waals surface area contributed by atoms with Crippen molar-refractivity contribution in [3.8, 4) is 0 Å². The van der Waals surface area contributed by atoms with Crippen molar-refractivity contribution >= 4 is 33.9 Å². The van der Waals surface area contributed by atoms with E-state index in [1.54, 1.807) is 24.5 Å². The summed E-state index contributed by atoms with van der Waals surface area (Å²) in [6.45, 7) is 0. The summed E-state index contributed by atoms with van der Waals surface area (Å²) in [5, 5.41) is 2.57. The van der Waals surface area contributed by atoms with Crippen LogP contribution in [-0.2, 0) is 4.79 Å². The first-order valence-electron chi connectivity index (χ1n) is 5.26. The number of nitrogens with zero attached hydrogens (tertiary/aromatic N) is 2. The zero-order valence-electron chi connectivity index (χ0n) is 9.38. The van der Waals surface area contributed by atoms with Gasteiger partial charge in [-0.2, -0.15) is 0 Å². The van der Waals surface area contributed by atoms with Crippen molar-refractivity contribution in [3.63, 3.8) is 0 Å². The number of halogens is 1. The molecule has 18 heavy (non-hydrogen) atoms. The summed E-state index contributed by atoms with van der Waals surface area (Å²) in [6, 6.07) is 9.34. The van der Waals surface area contributed by atoms with Crippen LogP contribution < -0.4 is 5.32 Å².